The molecule has 0 amide bonds. The summed E-state index contributed by atoms with van der Waals surface area (Å²) in [6, 6.07) is 7.72. The molecule has 0 aliphatic rings. The van der Waals surface area contributed by atoms with Gasteiger partial charge < -0.3 is 4.90 Å². The fraction of sp³-hybridized carbons (Fsp3) is 0.231. The minimum Gasteiger partial charge on any atom is -0.352 e. The van der Waals surface area contributed by atoms with Crippen LogP contribution in [0.3, 0.4) is 0 Å². The molecule has 0 radical (unpaired) electrons. The zero-order valence-corrected chi connectivity index (χ0v) is 12.7. The zero-order chi connectivity index (χ0) is 14.7. The minimum absolute atomic E-state index is 0.0479. The van der Waals surface area contributed by atoms with E-state index in [1.165, 1.54) is 6.20 Å². The van der Waals surface area contributed by atoms with E-state index in [1.54, 1.807) is 0 Å². The summed E-state index contributed by atoms with van der Waals surface area (Å²) in [5, 5.41) is 1.15. The standard InChI is InChI=1S/C13H15Cl2N5/c1-8(9-4-3-5-10(14)6-9)20(2)12-11(15)7-17-13(18-12)19-16/h3-8H,16H2,1-2H3,(H,17,18,19). The monoisotopic (exact) mass is 311 g/mol. The lowest BCUT2D eigenvalue weighted by molar-refractivity contribution is 0.727. The number of hydrogen-bond donors (Lipinski definition) is 2. The third-order valence-corrected chi connectivity index (χ3v) is 3.60. The van der Waals surface area contributed by atoms with Crippen molar-refractivity contribution in [2.45, 2.75) is 13.0 Å². The van der Waals surface area contributed by atoms with Gasteiger partial charge in [-0.25, -0.2) is 10.8 Å². The Kier molecular flexibility index (Phi) is 4.65. The molecule has 1 heterocycles. The van der Waals surface area contributed by atoms with E-state index in [1.807, 2.05) is 43.1 Å². The number of nitrogens with one attached hydrogen (secondary N) is 1. The van der Waals surface area contributed by atoms with E-state index in [-0.39, 0.29) is 6.04 Å². The molecule has 0 aliphatic carbocycles. The second-order valence-corrected chi connectivity index (χ2v) is 5.20. The first-order valence-electron chi connectivity index (χ1n) is 6.00. The maximum atomic E-state index is 6.15. The van der Waals surface area contributed by atoms with E-state index >= 15 is 0 Å². The Morgan fingerprint density at radius 2 is 2.10 bits per heavy atom. The van der Waals surface area contributed by atoms with Gasteiger partial charge in [-0.15, -0.1) is 0 Å². The summed E-state index contributed by atoms with van der Waals surface area (Å²) in [6.07, 6.45) is 1.51. The molecule has 7 heteroatoms. The molecule has 0 aliphatic heterocycles. The highest BCUT2D eigenvalue weighted by Crippen LogP contribution is 2.30. The lowest BCUT2D eigenvalue weighted by Gasteiger charge is -2.27. The maximum absolute atomic E-state index is 6.15. The van der Waals surface area contributed by atoms with Crippen LogP contribution < -0.4 is 16.2 Å². The SMILES string of the molecule is CC(c1cccc(Cl)c1)N(C)c1nc(NN)ncc1Cl. The van der Waals surface area contributed by atoms with Gasteiger partial charge in [-0.05, 0) is 24.6 Å². The summed E-state index contributed by atoms with van der Waals surface area (Å²) >= 11 is 12.2. The first kappa shape index (κ1) is 14.8. The van der Waals surface area contributed by atoms with Crippen molar-refractivity contribution in [1.82, 2.24) is 9.97 Å². The Bertz CT molecular complexity index is 605. The number of benzene rings is 1. The fourth-order valence-corrected chi connectivity index (χ4v) is 2.27. The number of aromatic nitrogens is 2. The predicted molar refractivity (Wildman–Crippen MR) is 83.1 cm³/mol. The lowest BCUT2D eigenvalue weighted by Crippen LogP contribution is -2.24. The molecular formula is C13H15Cl2N5. The van der Waals surface area contributed by atoms with Crippen LogP contribution in [0.2, 0.25) is 10.0 Å². The number of halogens is 2. The van der Waals surface area contributed by atoms with Crippen molar-refractivity contribution in [3.8, 4) is 0 Å². The van der Waals surface area contributed by atoms with Crippen molar-refractivity contribution in [2.24, 2.45) is 5.84 Å². The lowest BCUT2D eigenvalue weighted by atomic mass is 10.1. The number of anilines is 2. The van der Waals surface area contributed by atoms with Gasteiger partial charge in [0, 0.05) is 12.1 Å². The van der Waals surface area contributed by atoms with E-state index in [2.05, 4.69) is 15.4 Å². The first-order valence-corrected chi connectivity index (χ1v) is 6.76. The first-order chi connectivity index (χ1) is 9.52. The van der Waals surface area contributed by atoms with Crippen LogP contribution in [0.25, 0.3) is 0 Å². The maximum Gasteiger partial charge on any atom is 0.239 e. The molecule has 1 aromatic carbocycles. The predicted octanol–water partition coefficient (Wildman–Crippen LogP) is 3.27. The van der Waals surface area contributed by atoms with Gasteiger partial charge >= 0.3 is 0 Å². The number of nitrogens with zero attached hydrogens (tertiary/aromatic N) is 3. The van der Waals surface area contributed by atoms with Crippen molar-refractivity contribution in [2.75, 3.05) is 17.4 Å². The Balaban J connectivity index is 2.33. The van der Waals surface area contributed by atoms with Crippen LogP contribution in [0, 0.1) is 0 Å². The van der Waals surface area contributed by atoms with Crippen LogP contribution in [0.4, 0.5) is 11.8 Å². The molecule has 2 rings (SSSR count). The topological polar surface area (TPSA) is 67.1 Å². The molecule has 20 heavy (non-hydrogen) atoms. The molecule has 3 N–H and O–H groups in total. The molecule has 0 spiro atoms. The van der Waals surface area contributed by atoms with Gasteiger partial charge in [0.25, 0.3) is 0 Å². The van der Waals surface area contributed by atoms with Crippen molar-refractivity contribution >= 4 is 35.0 Å². The smallest absolute Gasteiger partial charge is 0.239 e. The number of hydrazine groups is 1. The Hall–Kier alpha value is -1.56. The molecular weight excluding hydrogens is 297 g/mol. The van der Waals surface area contributed by atoms with Gasteiger partial charge in [0.15, 0.2) is 5.82 Å². The van der Waals surface area contributed by atoms with Gasteiger partial charge in [0.05, 0.1) is 12.2 Å². The van der Waals surface area contributed by atoms with Crippen LogP contribution in [-0.2, 0) is 0 Å². The largest absolute Gasteiger partial charge is 0.352 e. The van der Waals surface area contributed by atoms with Crippen LogP contribution >= 0.6 is 23.2 Å². The Labute approximate surface area is 127 Å². The quantitative estimate of drug-likeness (QED) is 0.670. The Morgan fingerprint density at radius 1 is 1.35 bits per heavy atom. The van der Waals surface area contributed by atoms with Gasteiger partial charge in [0.1, 0.15) is 5.02 Å². The number of nitrogen functional groups attached to an aromatic ring is 1. The number of rotatable bonds is 4. The van der Waals surface area contributed by atoms with Crippen molar-refractivity contribution < 1.29 is 0 Å². The fourth-order valence-electron chi connectivity index (χ4n) is 1.85. The van der Waals surface area contributed by atoms with Gasteiger partial charge in [-0.1, -0.05) is 35.3 Å². The Morgan fingerprint density at radius 3 is 2.75 bits per heavy atom. The summed E-state index contributed by atoms with van der Waals surface area (Å²) in [4.78, 5) is 10.2. The van der Waals surface area contributed by atoms with Crippen molar-refractivity contribution in [3.63, 3.8) is 0 Å². The van der Waals surface area contributed by atoms with E-state index in [9.17, 15) is 0 Å². The molecule has 0 fully saturated rings. The zero-order valence-electron chi connectivity index (χ0n) is 11.1. The molecule has 0 saturated carbocycles. The summed E-state index contributed by atoms with van der Waals surface area (Å²) < 4.78 is 0. The highest BCUT2D eigenvalue weighted by Gasteiger charge is 2.17. The van der Waals surface area contributed by atoms with Gasteiger partial charge in [0.2, 0.25) is 5.95 Å². The summed E-state index contributed by atoms with van der Waals surface area (Å²) in [5.41, 5.74) is 3.48. The van der Waals surface area contributed by atoms with Crippen molar-refractivity contribution in [1.29, 1.82) is 0 Å². The summed E-state index contributed by atoms with van der Waals surface area (Å²) in [7, 11) is 1.90. The van der Waals surface area contributed by atoms with Crippen LogP contribution in [0.1, 0.15) is 18.5 Å². The molecule has 1 aromatic heterocycles. The third kappa shape index (κ3) is 3.12. The summed E-state index contributed by atoms with van der Waals surface area (Å²) in [5.74, 6) is 6.24. The number of hydrogen-bond acceptors (Lipinski definition) is 5. The second-order valence-electron chi connectivity index (χ2n) is 4.35. The van der Waals surface area contributed by atoms with E-state index in [4.69, 9.17) is 29.0 Å². The summed E-state index contributed by atoms with van der Waals surface area (Å²) in [6.45, 7) is 2.04. The van der Waals surface area contributed by atoms with Crippen LogP contribution in [0.5, 0.6) is 0 Å². The highest BCUT2D eigenvalue weighted by atomic mass is 35.5. The van der Waals surface area contributed by atoms with Gasteiger partial charge in [-0.3, -0.25) is 5.43 Å². The number of nitrogens with two attached hydrogens (primary N) is 1. The normalized spacial score (nSPS) is 12.1. The minimum atomic E-state index is 0.0479. The molecule has 0 bridgehead atoms. The molecule has 0 saturated heterocycles. The highest BCUT2D eigenvalue weighted by molar-refractivity contribution is 6.32. The van der Waals surface area contributed by atoms with Gasteiger partial charge in [-0.2, -0.15) is 4.98 Å². The average Bonchev–Trinajstić information content (AvgIpc) is 2.46. The van der Waals surface area contributed by atoms with E-state index in [0.29, 0.717) is 21.8 Å². The average molecular weight is 312 g/mol. The van der Waals surface area contributed by atoms with Crippen LogP contribution in [0.15, 0.2) is 30.5 Å². The third-order valence-electron chi connectivity index (χ3n) is 3.10. The molecule has 5 nitrogen and oxygen atoms in total. The molecule has 1 unspecified atom stereocenters. The van der Waals surface area contributed by atoms with Crippen LogP contribution in [-0.4, -0.2) is 17.0 Å². The van der Waals surface area contributed by atoms with E-state index < -0.39 is 0 Å². The second kappa shape index (κ2) is 6.26. The molecule has 1 atom stereocenters. The molecule has 106 valence electrons. The van der Waals surface area contributed by atoms with Crippen molar-refractivity contribution in [3.05, 3.63) is 46.1 Å². The van der Waals surface area contributed by atoms with E-state index in [0.717, 1.165) is 5.56 Å². The molecule has 2 aromatic rings.